The van der Waals surface area contributed by atoms with Crippen LogP contribution in [0.15, 0.2) is 30.7 Å². The largest absolute Gasteiger partial charge is 0.262 e. The molecule has 0 N–H and O–H groups in total. The third kappa shape index (κ3) is 1.82. The summed E-state index contributed by atoms with van der Waals surface area (Å²) in [6.07, 6.45) is 5.36. The average molecular weight is 253 g/mol. The second kappa shape index (κ2) is 3.88. The van der Waals surface area contributed by atoms with Crippen LogP contribution in [0.2, 0.25) is 0 Å². The molecule has 1 atom stereocenters. The maximum absolute atomic E-state index is 4.03. The molecule has 0 aliphatic carbocycles. The molecule has 0 aromatic carbocycles. The number of hydrogen-bond donors (Lipinski definition) is 0. The Morgan fingerprint density at radius 2 is 2.36 bits per heavy atom. The van der Waals surface area contributed by atoms with Crippen LogP contribution in [0, 0.1) is 0 Å². The number of rotatable bonds is 2. The molecule has 0 saturated heterocycles. The molecule has 5 heteroatoms. The molecule has 14 heavy (non-hydrogen) atoms. The predicted molar refractivity (Wildman–Crippen MR) is 56.5 cm³/mol. The van der Waals surface area contributed by atoms with E-state index in [1.54, 1.807) is 17.1 Å². The molecule has 0 radical (unpaired) electrons. The van der Waals surface area contributed by atoms with Crippen LogP contribution in [0.1, 0.15) is 17.4 Å². The van der Waals surface area contributed by atoms with Crippen molar-refractivity contribution in [3.8, 4) is 5.69 Å². The van der Waals surface area contributed by atoms with Crippen molar-refractivity contribution in [2.75, 3.05) is 0 Å². The molecule has 2 aromatic heterocycles. The Morgan fingerprint density at radius 3 is 2.93 bits per heavy atom. The summed E-state index contributed by atoms with van der Waals surface area (Å²) in [7, 11) is 0. The smallest absolute Gasteiger partial charge is 0.0965 e. The summed E-state index contributed by atoms with van der Waals surface area (Å²) in [4.78, 5) is 4.23. The van der Waals surface area contributed by atoms with Gasteiger partial charge in [-0.2, -0.15) is 0 Å². The Morgan fingerprint density at radius 1 is 1.50 bits per heavy atom. The number of nitrogens with zero attached hydrogens (tertiary/aromatic N) is 4. The summed E-state index contributed by atoms with van der Waals surface area (Å²) in [6.45, 7) is 2.01. The highest BCUT2D eigenvalue weighted by atomic mass is 79.9. The van der Waals surface area contributed by atoms with E-state index in [0.29, 0.717) is 0 Å². The van der Waals surface area contributed by atoms with Gasteiger partial charge >= 0.3 is 0 Å². The Labute approximate surface area is 90.1 Å². The minimum Gasteiger partial charge on any atom is -0.262 e. The first-order chi connectivity index (χ1) is 6.77. The normalized spacial score (nSPS) is 12.7. The van der Waals surface area contributed by atoms with Gasteiger partial charge in [0.2, 0.25) is 0 Å². The van der Waals surface area contributed by atoms with Crippen molar-refractivity contribution in [2.24, 2.45) is 0 Å². The second-order valence-electron chi connectivity index (χ2n) is 2.92. The molecule has 0 saturated carbocycles. The van der Waals surface area contributed by atoms with Crippen LogP contribution in [-0.4, -0.2) is 20.0 Å². The fourth-order valence-electron chi connectivity index (χ4n) is 1.07. The summed E-state index contributed by atoms with van der Waals surface area (Å²) in [5.74, 6) is 0. The van der Waals surface area contributed by atoms with E-state index in [-0.39, 0.29) is 4.83 Å². The van der Waals surface area contributed by atoms with E-state index < -0.39 is 0 Å². The van der Waals surface area contributed by atoms with E-state index in [1.807, 2.05) is 25.3 Å². The average Bonchev–Trinajstić information content (AvgIpc) is 2.68. The molecule has 2 heterocycles. The summed E-state index contributed by atoms with van der Waals surface area (Å²) in [5, 5.41) is 8.03. The molecule has 0 amide bonds. The zero-order valence-corrected chi connectivity index (χ0v) is 9.22. The minimum absolute atomic E-state index is 0.216. The van der Waals surface area contributed by atoms with Gasteiger partial charge in [-0.15, -0.1) is 5.10 Å². The van der Waals surface area contributed by atoms with E-state index >= 15 is 0 Å². The van der Waals surface area contributed by atoms with Crippen molar-refractivity contribution < 1.29 is 0 Å². The lowest BCUT2D eigenvalue weighted by atomic mass is 10.4. The molecule has 2 rings (SSSR count). The Balaban J connectivity index is 2.34. The highest BCUT2D eigenvalue weighted by Gasteiger charge is 2.06. The lowest BCUT2D eigenvalue weighted by Crippen LogP contribution is -1.94. The van der Waals surface area contributed by atoms with E-state index in [9.17, 15) is 0 Å². The van der Waals surface area contributed by atoms with Crippen molar-refractivity contribution in [1.29, 1.82) is 0 Å². The van der Waals surface area contributed by atoms with Crippen molar-refractivity contribution in [3.63, 3.8) is 0 Å². The van der Waals surface area contributed by atoms with E-state index in [2.05, 4.69) is 31.2 Å². The van der Waals surface area contributed by atoms with Gasteiger partial charge in [-0.3, -0.25) is 4.98 Å². The quantitative estimate of drug-likeness (QED) is 0.770. The van der Waals surface area contributed by atoms with Crippen LogP contribution in [0.4, 0.5) is 0 Å². The predicted octanol–water partition coefficient (Wildman–Crippen LogP) is 2.12. The number of halogens is 1. The molecule has 0 aliphatic rings. The third-order valence-corrected chi connectivity index (χ3v) is 2.30. The molecule has 1 unspecified atom stereocenters. The number of aromatic nitrogens is 4. The third-order valence-electron chi connectivity index (χ3n) is 1.83. The van der Waals surface area contributed by atoms with Gasteiger partial charge in [0.15, 0.2) is 0 Å². The highest BCUT2D eigenvalue weighted by Crippen LogP contribution is 2.19. The summed E-state index contributed by atoms with van der Waals surface area (Å²) in [6, 6.07) is 3.80. The van der Waals surface area contributed by atoms with Crippen molar-refractivity contribution in [1.82, 2.24) is 20.0 Å². The Hall–Kier alpha value is -1.23. The molecule has 0 aliphatic heterocycles. The zero-order chi connectivity index (χ0) is 9.97. The lowest BCUT2D eigenvalue weighted by molar-refractivity contribution is 0.794. The molecule has 72 valence electrons. The van der Waals surface area contributed by atoms with Crippen molar-refractivity contribution >= 4 is 15.9 Å². The van der Waals surface area contributed by atoms with Crippen LogP contribution in [0.25, 0.3) is 5.69 Å². The van der Waals surface area contributed by atoms with E-state index in [0.717, 1.165) is 11.4 Å². The van der Waals surface area contributed by atoms with Crippen LogP contribution in [-0.2, 0) is 0 Å². The Bertz CT molecular complexity index is 410. The lowest BCUT2D eigenvalue weighted by Gasteiger charge is -1.97. The molecule has 0 spiro atoms. The van der Waals surface area contributed by atoms with Gasteiger partial charge in [-0.25, -0.2) is 4.68 Å². The van der Waals surface area contributed by atoms with Gasteiger partial charge < -0.3 is 0 Å². The molecule has 0 bridgehead atoms. The van der Waals surface area contributed by atoms with Gasteiger partial charge in [0, 0.05) is 6.20 Å². The number of pyridine rings is 1. The van der Waals surface area contributed by atoms with Crippen LogP contribution in [0.3, 0.4) is 0 Å². The number of hydrogen-bond acceptors (Lipinski definition) is 3. The maximum Gasteiger partial charge on any atom is 0.0965 e. The molecular weight excluding hydrogens is 244 g/mol. The highest BCUT2D eigenvalue weighted by molar-refractivity contribution is 9.09. The zero-order valence-electron chi connectivity index (χ0n) is 7.63. The topological polar surface area (TPSA) is 43.6 Å². The van der Waals surface area contributed by atoms with Gasteiger partial charge in [-0.05, 0) is 19.1 Å². The van der Waals surface area contributed by atoms with Gasteiger partial charge in [0.1, 0.15) is 0 Å². The van der Waals surface area contributed by atoms with Gasteiger partial charge in [0.25, 0.3) is 0 Å². The number of alkyl halides is 1. The maximum atomic E-state index is 4.03. The first-order valence-electron chi connectivity index (χ1n) is 4.24. The molecule has 0 fully saturated rings. The fraction of sp³-hybridized carbons (Fsp3) is 0.222. The first kappa shape index (κ1) is 9.33. The second-order valence-corrected chi connectivity index (χ2v) is 4.29. The van der Waals surface area contributed by atoms with Crippen molar-refractivity contribution in [2.45, 2.75) is 11.8 Å². The van der Waals surface area contributed by atoms with Crippen LogP contribution < -0.4 is 0 Å². The SMILES string of the molecule is CC(Br)c1cn(-c2cccnc2)nn1. The minimum atomic E-state index is 0.216. The first-order valence-corrected chi connectivity index (χ1v) is 5.15. The fourth-order valence-corrected chi connectivity index (χ4v) is 1.28. The Kier molecular flexibility index (Phi) is 2.58. The van der Waals surface area contributed by atoms with E-state index in [4.69, 9.17) is 0 Å². The summed E-state index contributed by atoms with van der Waals surface area (Å²) >= 11 is 3.44. The summed E-state index contributed by atoms with van der Waals surface area (Å²) in [5.41, 5.74) is 1.83. The molecular formula is C9H9BrN4. The van der Waals surface area contributed by atoms with Crippen molar-refractivity contribution in [3.05, 3.63) is 36.4 Å². The summed E-state index contributed by atoms with van der Waals surface area (Å²) < 4.78 is 1.71. The van der Waals surface area contributed by atoms with Gasteiger partial charge in [0.05, 0.1) is 28.6 Å². The van der Waals surface area contributed by atoms with Gasteiger partial charge in [-0.1, -0.05) is 21.1 Å². The van der Waals surface area contributed by atoms with Crippen LogP contribution in [0.5, 0.6) is 0 Å². The standard InChI is InChI=1S/C9H9BrN4/c1-7(10)9-6-14(13-12-9)8-3-2-4-11-5-8/h2-7H,1H3. The molecule has 4 nitrogen and oxygen atoms in total. The molecule has 2 aromatic rings. The monoisotopic (exact) mass is 252 g/mol. The van der Waals surface area contributed by atoms with E-state index in [1.165, 1.54) is 0 Å². The van der Waals surface area contributed by atoms with Crippen LogP contribution >= 0.6 is 15.9 Å².